The summed E-state index contributed by atoms with van der Waals surface area (Å²) in [5.41, 5.74) is 2.74. The molecule has 0 spiro atoms. The minimum atomic E-state index is 0.108. The van der Waals surface area contributed by atoms with Crippen LogP contribution in [-0.2, 0) is 0 Å². The van der Waals surface area contributed by atoms with Gasteiger partial charge in [-0.05, 0) is 35.4 Å². The van der Waals surface area contributed by atoms with E-state index in [0.717, 1.165) is 11.3 Å². The largest absolute Gasteiger partial charge is 0.348 e. The van der Waals surface area contributed by atoms with Crippen LogP contribution in [0.15, 0.2) is 47.0 Å². The summed E-state index contributed by atoms with van der Waals surface area (Å²) in [5.74, 6) is 0. The Morgan fingerprint density at radius 3 is 2.86 bits per heavy atom. The van der Waals surface area contributed by atoms with Gasteiger partial charge in [0.25, 0.3) is 0 Å². The van der Waals surface area contributed by atoms with Crippen molar-refractivity contribution in [1.29, 1.82) is 5.26 Å². The van der Waals surface area contributed by atoms with Crippen LogP contribution in [0.5, 0.6) is 0 Å². The summed E-state index contributed by atoms with van der Waals surface area (Å²) in [6.45, 7) is 0. The Hall–Kier alpha value is -2.00. The molecule has 1 N–H and O–H groups in total. The first-order chi connectivity index (χ1) is 10.7. The molecular formula is C15H8Cl2N4S. The topological polar surface area (TPSA) is 61.6 Å². The lowest BCUT2D eigenvalue weighted by atomic mass is 10.1. The summed E-state index contributed by atoms with van der Waals surface area (Å²) >= 11 is 13.2. The van der Waals surface area contributed by atoms with Gasteiger partial charge in [-0.2, -0.15) is 5.26 Å². The molecule has 1 aromatic heterocycles. The predicted octanol–water partition coefficient (Wildman–Crippen LogP) is 4.31. The Balaban J connectivity index is 1.93. The number of benzene rings is 1. The molecule has 4 nitrogen and oxygen atoms in total. The van der Waals surface area contributed by atoms with Gasteiger partial charge in [0.2, 0.25) is 5.28 Å². The second-order valence-electron chi connectivity index (χ2n) is 4.31. The van der Waals surface area contributed by atoms with Crippen molar-refractivity contribution >= 4 is 46.2 Å². The lowest BCUT2D eigenvalue weighted by molar-refractivity contribution is 1.13. The third-order valence-electron chi connectivity index (χ3n) is 2.90. The van der Waals surface area contributed by atoms with Crippen LogP contribution in [0.2, 0.25) is 10.3 Å². The molecule has 0 atom stereocenters. The second kappa shape index (κ2) is 6.41. The molecule has 0 amide bonds. The van der Waals surface area contributed by atoms with Gasteiger partial charge in [0.05, 0.1) is 16.4 Å². The van der Waals surface area contributed by atoms with Crippen molar-refractivity contribution in [3.8, 4) is 6.07 Å². The number of nitrogens with one attached hydrogen (secondary N) is 1. The molecular weight excluding hydrogens is 339 g/mol. The molecule has 1 aliphatic rings. The van der Waals surface area contributed by atoms with Crippen molar-refractivity contribution in [2.45, 2.75) is 0 Å². The zero-order valence-electron chi connectivity index (χ0n) is 11.0. The summed E-state index contributed by atoms with van der Waals surface area (Å²) in [6.07, 6.45) is 1.52. The first-order valence-electron chi connectivity index (χ1n) is 6.20. The molecule has 3 rings (SSSR count). The molecule has 0 fully saturated rings. The average molecular weight is 347 g/mol. The zero-order chi connectivity index (χ0) is 15.5. The van der Waals surface area contributed by atoms with E-state index >= 15 is 0 Å². The third kappa shape index (κ3) is 3.09. The number of thioether (sulfide) groups is 1. The van der Waals surface area contributed by atoms with Crippen molar-refractivity contribution in [2.24, 2.45) is 0 Å². The molecule has 0 bridgehead atoms. The Morgan fingerprint density at radius 2 is 2.14 bits per heavy atom. The number of hydrogen-bond acceptors (Lipinski definition) is 5. The van der Waals surface area contributed by atoms with E-state index in [-0.39, 0.29) is 5.28 Å². The Kier molecular flexibility index (Phi) is 4.34. The maximum absolute atomic E-state index is 9.42. The highest BCUT2D eigenvalue weighted by molar-refractivity contribution is 8.06. The van der Waals surface area contributed by atoms with Crippen LogP contribution in [0.25, 0.3) is 11.3 Å². The van der Waals surface area contributed by atoms with Gasteiger partial charge in [-0.25, -0.2) is 9.97 Å². The molecule has 7 heteroatoms. The number of rotatable bonds is 2. The molecule has 0 radical (unpaired) electrons. The minimum absolute atomic E-state index is 0.108. The van der Waals surface area contributed by atoms with E-state index in [0.29, 0.717) is 21.3 Å². The molecule has 108 valence electrons. The first-order valence-corrected chi connectivity index (χ1v) is 7.84. The highest BCUT2D eigenvalue weighted by Gasteiger charge is 2.18. The van der Waals surface area contributed by atoms with E-state index < -0.39 is 0 Å². The Bertz CT molecular complexity index is 839. The van der Waals surface area contributed by atoms with E-state index in [2.05, 4.69) is 21.4 Å². The van der Waals surface area contributed by atoms with Crippen molar-refractivity contribution in [3.05, 3.63) is 68.5 Å². The Morgan fingerprint density at radius 1 is 1.27 bits per heavy atom. The smallest absolute Gasteiger partial charge is 0.222 e. The van der Waals surface area contributed by atoms with Crippen molar-refractivity contribution in [2.75, 3.05) is 0 Å². The molecule has 1 aliphatic heterocycles. The fourth-order valence-corrected chi connectivity index (χ4v) is 3.12. The fraction of sp³-hybridized carbons (Fsp3) is 0. The molecule has 0 unspecified atom stereocenters. The van der Waals surface area contributed by atoms with Gasteiger partial charge < -0.3 is 5.32 Å². The highest BCUT2D eigenvalue weighted by atomic mass is 35.5. The molecule has 0 saturated heterocycles. The molecule has 2 heterocycles. The zero-order valence-corrected chi connectivity index (χ0v) is 13.4. The number of aromatic nitrogens is 2. The van der Waals surface area contributed by atoms with Crippen molar-refractivity contribution in [1.82, 2.24) is 15.3 Å². The lowest BCUT2D eigenvalue weighted by Crippen LogP contribution is -2.07. The molecule has 2 aromatic rings. The van der Waals surface area contributed by atoms with E-state index in [1.54, 1.807) is 6.07 Å². The van der Waals surface area contributed by atoms with Gasteiger partial charge in [-0.1, -0.05) is 35.5 Å². The molecule has 1 aromatic carbocycles. The summed E-state index contributed by atoms with van der Waals surface area (Å²) in [6, 6.07) is 11.3. The first kappa shape index (κ1) is 14.9. The number of nitriles is 1. The SMILES string of the molecule is N#C/C(=C1/NC(c2cccc(Cl)c2)=CS1)c1ccnc(Cl)n1. The Labute approximate surface area is 141 Å². The van der Waals surface area contributed by atoms with Crippen LogP contribution in [0.4, 0.5) is 0 Å². The van der Waals surface area contributed by atoms with Gasteiger partial charge in [0, 0.05) is 16.6 Å². The molecule has 0 saturated carbocycles. The van der Waals surface area contributed by atoms with E-state index in [1.165, 1.54) is 18.0 Å². The lowest BCUT2D eigenvalue weighted by Gasteiger charge is -2.07. The quantitative estimate of drug-likeness (QED) is 0.648. The van der Waals surface area contributed by atoms with Gasteiger partial charge in [-0.3, -0.25) is 0 Å². The number of allylic oxidation sites excluding steroid dienone is 1. The van der Waals surface area contributed by atoms with Gasteiger partial charge >= 0.3 is 0 Å². The number of halogens is 2. The van der Waals surface area contributed by atoms with Crippen LogP contribution in [-0.4, -0.2) is 9.97 Å². The monoisotopic (exact) mass is 346 g/mol. The minimum Gasteiger partial charge on any atom is -0.348 e. The van der Waals surface area contributed by atoms with E-state index in [1.807, 2.05) is 29.7 Å². The fourth-order valence-electron chi connectivity index (χ4n) is 1.92. The van der Waals surface area contributed by atoms with Gasteiger partial charge in [-0.15, -0.1) is 0 Å². The molecule has 0 aliphatic carbocycles. The van der Waals surface area contributed by atoms with Gasteiger partial charge in [0.1, 0.15) is 11.6 Å². The van der Waals surface area contributed by atoms with Crippen LogP contribution in [0.1, 0.15) is 11.3 Å². The van der Waals surface area contributed by atoms with Crippen LogP contribution >= 0.6 is 35.0 Å². The number of nitrogens with zero attached hydrogens (tertiary/aromatic N) is 3. The third-order valence-corrected chi connectivity index (χ3v) is 4.21. The van der Waals surface area contributed by atoms with E-state index in [9.17, 15) is 5.26 Å². The summed E-state index contributed by atoms with van der Waals surface area (Å²) in [7, 11) is 0. The summed E-state index contributed by atoms with van der Waals surface area (Å²) in [5, 5.41) is 16.0. The normalized spacial score (nSPS) is 15.8. The maximum Gasteiger partial charge on any atom is 0.222 e. The summed E-state index contributed by atoms with van der Waals surface area (Å²) in [4.78, 5) is 7.90. The second-order valence-corrected chi connectivity index (χ2v) is 5.97. The highest BCUT2D eigenvalue weighted by Crippen LogP contribution is 2.35. The standard InChI is InChI=1S/C15H8Cl2N4S/c16-10-3-1-2-9(6-10)13-8-22-14(20-13)11(7-18)12-4-5-19-15(17)21-12/h1-6,8,20H/b14-11+. The van der Waals surface area contributed by atoms with E-state index in [4.69, 9.17) is 23.2 Å². The van der Waals surface area contributed by atoms with Crippen molar-refractivity contribution in [3.63, 3.8) is 0 Å². The van der Waals surface area contributed by atoms with Crippen LogP contribution in [0, 0.1) is 11.3 Å². The molecule has 22 heavy (non-hydrogen) atoms. The van der Waals surface area contributed by atoms with Gasteiger partial charge in [0.15, 0.2) is 0 Å². The predicted molar refractivity (Wildman–Crippen MR) is 89.7 cm³/mol. The van der Waals surface area contributed by atoms with Crippen LogP contribution in [0.3, 0.4) is 0 Å². The number of hydrogen-bond donors (Lipinski definition) is 1. The summed E-state index contributed by atoms with van der Waals surface area (Å²) < 4.78 is 0. The maximum atomic E-state index is 9.42. The van der Waals surface area contributed by atoms with Crippen LogP contribution < -0.4 is 5.32 Å². The van der Waals surface area contributed by atoms with Crippen molar-refractivity contribution < 1.29 is 0 Å². The average Bonchev–Trinajstić information content (AvgIpc) is 2.98.